The van der Waals surface area contributed by atoms with Gasteiger partial charge in [-0.15, -0.1) is 0 Å². The van der Waals surface area contributed by atoms with Crippen LogP contribution in [0.1, 0.15) is 296 Å². The predicted molar refractivity (Wildman–Crippen MR) is 291 cm³/mol. The average molecular weight is 984 g/mol. The fraction of sp³-hybridized carbons (Fsp3) is 0.793. The number of hydrogen-bond acceptors (Lipinski definition) is 7. The first-order chi connectivity index (χ1) is 33.5. The second kappa shape index (κ2) is 39.9. The second-order valence-electron chi connectivity index (χ2n) is 20.7. The van der Waals surface area contributed by atoms with Crippen LogP contribution in [0.5, 0.6) is 0 Å². The first-order valence-corrected chi connectivity index (χ1v) is 30.2. The van der Waals surface area contributed by atoms with Crippen molar-refractivity contribution in [2.75, 3.05) is 0 Å². The molecule has 2 atom stereocenters. The van der Waals surface area contributed by atoms with Crippen LogP contribution < -0.4 is 0 Å². The van der Waals surface area contributed by atoms with Gasteiger partial charge in [0.05, 0.1) is 21.0 Å². The summed E-state index contributed by atoms with van der Waals surface area (Å²) in [7, 11) is -4.28. The minimum Gasteiger partial charge on any atom is -0.288 e. The van der Waals surface area contributed by atoms with Crippen LogP contribution in [-0.4, -0.2) is 26.6 Å². The molecule has 0 aliphatic carbocycles. The van der Waals surface area contributed by atoms with E-state index in [0.717, 1.165) is 51.4 Å². The normalized spacial score (nSPS) is 13.6. The molecule has 0 bridgehead atoms. The van der Waals surface area contributed by atoms with Crippen LogP contribution in [0.3, 0.4) is 0 Å². The van der Waals surface area contributed by atoms with Crippen LogP contribution >= 0.6 is 7.75 Å². The van der Waals surface area contributed by atoms with E-state index in [1.165, 1.54) is 179 Å². The van der Waals surface area contributed by atoms with Gasteiger partial charge < -0.3 is 0 Å². The van der Waals surface area contributed by atoms with Gasteiger partial charge in [0, 0.05) is 24.2 Å². The number of benzene rings is 2. The van der Waals surface area contributed by atoms with Crippen molar-refractivity contribution < 1.29 is 23.5 Å². The average Bonchev–Trinajstić information content (AvgIpc) is 3.32. The molecule has 69 heavy (non-hydrogen) atoms. The zero-order chi connectivity index (χ0) is 50.4. The van der Waals surface area contributed by atoms with Gasteiger partial charge >= 0.3 is 7.75 Å². The number of para-hydroxylation sites is 2. The lowest BCUT2D eigenvalue weighted by Crippen LogP contribution is -2.36. The maximum atomic E-state index is 15.8. The van der Waals surface area contributed by atoms with Gasteiger partial charge in [0.1, 0.15) is 12.2 Å². The highest BCUT2D eigenvalue weighted by Crippen LogP contribution is 2.62. The van der Waals surface area contributed by atoms with Gasteiger partial charge in [0.25, 0.3) is 11.4 Å². The van der Waals surface area contributed by atoms with Crippen LogP contribution in [0.15, 0.2) is 48.5 Å². The molecule has 0 aromatic heterocycles. The number of rotatable bonds is 47. The highest BCUT2D eigenvalue weighted by Gasteiger charge is 2.44. The van der Waals surface area contributed by atoms with Crippen molar-refractivity contribution in [2.45, 2.75) is 297 Å². The molecule has 0 spiro atoms. The Morgan fingerprint density at radius 3 is 0.884 bits per heavy atom. The van der Waals surface area contributed by atoms with E-state index in [-0.39, 0.29) is 23.5 Å². The Hall–Kier alpha value is -2.65. The molecule has 0 aliphatic rings. The molecular formula is C58H102N3O7P. The van der Waals surface area contributed by atoms with E-state index in [9.17, 15) is 20.2 Å². The lowest BCUT2D eigenvalue weighted by Gasteiger charge is -2.39. The molecule has 0 fully saturated rings. The minimum atomic E-state index is -4.28. The molecule has 10 nitrogen and oxygen atoms in total. The van der Waals surface area contributed by atoms with E-state index in [0.29, 0.717) is 24.0 Å². The van der Waals surface area contributed by atoms with Crippen molar-refractivity contribution in [1.82, 2.24) is 4.67 Å². The van der Waals surface area contributed by atoms with Gasteiger partial charge in [0.15, 0.2) is 0 Å². The summed E-state index contributed by atoms with van der Waals surface area (Å²) in [6.07, 6.45) is 41.5. The molecular weight excluding hydrogens is 882 g/mol. The third kappa shape index (κ3) is 27.7. The predicted octanol–water partition coefficient (Wildman–Crippen LogP) is 20.6. The highest BCUT2D eigenvalue weighted by atomic mass is 31.2. The quantitative estimate of drug-likeness (QED) is 0.0278. The SMILES string of the molecule is CCCCCCCCCCCCCCCCCCCC(OP(=O)(OC(CCCCCCCCCCCCCCCCCCC)c1ccccc1[N+](=O)[O-])N(C(C)C)C(C)C)c1ccccc1[N+](=O)[O-]. The topological polar surface area (TPSA) is 125 Å². The van der Waals surface area contributed by atoms with Gasteiger partial charge in [-0.2, -0.15) is 0 Å². The van der Waals surface area contributed by atoms with Crippen LogP contribution in [0.4, 0.5) is 11.4 Å². The highest BCUT2D eigenvalue weighted by molar-refractivity contribution is 7.51. The van der Waals surface area contributed by atoms with Crippen LogP contribution in [-0.2, 0) is 13.6 Å². The van der Waals surface area contributed by atoms with Gasteiger partial charge in [-0.1, -0.05) is 256 Å². The minimum absolute atomic E-state index is 0.0830. The second-order valence-corrected chi connectivity index (χ2v) is 22.6. The summed E-state index contributed by atoms with van der Waals surface area (Å²) in [6.45, 7) is 12.3. The van der Waals surface area contributed by atoms with E-state index < -0.39 is 29.8 Å². The summed E-state index contributed by atoms with van der Waals surface area (Å²) in [4.78, 5) is 24.1. The standard InChI is InChI=1S/C58H102N3O7P/c1-7-9-11-13-15-17-19-21-23-25-27-29-31-33-35-37-39-49-57(53-45-41-43-47-55(53)60(62)63)67-69(66,59(51(3)4)52(5)6)68-58(54-46-42-44-48-56(54)61(64)65)50-40-38-36-34-32-30-28-26-24-22-20-18-16-14-12-10-8-2/h41-48,51-52,57-58H,7-40,49-50H2,1-6H3. The fourth-order valence-corrected chi connectivity index (χ4v) is 12.6. The summed E-state index contributed by atoms with van der Waals surface area (Å²) < 4.78 is 31.2. The Balaban J connectivity index is 2.10. The number of nitro benzene ring substituents is 2. The third-order valence-electron chi connectivity index (χ3n) is 14.0. The maximum Gasteiger partial charge on any atom is 0.409 e. The number of nitro groups is 2. The summed E-state index contributed by atoms with van der Waals surface area (Å²) in [5.41, 5.74) is 0.567. The molecule has 2 rings (SSSR count). The fourth-order valence-electron chi connectivity index (χ4n) is 10.1. The molecule has 2 unspecified atom stereocenters. The number of unbranched alkanes of at least 4 members (excludes halogenated alkanes) is 32. The molecule has 0 aliphatic heterocycles. The molecule has 0 heterocycles. The summed E-state index contributed by atoms with van der Waals surface area (Å²) in [5, 5.41) is 24.9. The molecule has 2 aromatic rings. The molecule has 0 saturated carbocycles. The summed E-state index contributed by atoms with van der Waals surface area (Å²) in [5.74, 6) is 0. The molecule has 2 aromatic carbocycles. The molecule has 0 N–H and O–H groups in total. The Morgan fingerprint density at radius 1 is 0.420 bits per heavy atom. The van der Waals surface area contributed by atoms with Crippen molar-refractivity contribution in [2.24, 2.45) is 0 Å². The first-order valence-electron chi connectivity index (χ1n) is 28.7. The van der Waals surface area contributed by atoms with Crippen molar-refractivity contribution in [3.8, 4) is 0 Å². The largest absolute Gasteiger partial charge is 0.409 e. The van der Waals surface area contributed by atoms with Crippen molar-refractivity contribution in [3.63, 3.8) is 0 Å². The lowest BCUT2D eigenvalue weighted by atomic mass is 10.00. The van der Waals surface area contributed by atoms with Crippen LogP contribution in [0.25, 0.3) is 0 Å². The Kier molecular flexibility index (Phi) is 36.1. The van der Waals surface area contributed by atoms with Crippen molar-refractivity contribution >= 4 is 19.1 Å². The molecule has 396 valence electrons. The van der Waals surface area contributed by atoms with Gasteiger partial charge in [-0.3, -0.25) is 29.3 Å². The summed E-state index contributed by atoms with van der Waals surface area (Å²) >= 11 is 0. The van der Waals surface area contributed by atoms with Gasteiger partial charge in [0.2, 0.25) is 0 Å². The summed E-state index contributed by atoms with van der Waals surface area (Å²) in [6, 6.07) is 12.6. The molecule has 0 saturated heterocycles. The first kappa shape index (κ1) is 62.5. The Morgan fingerprint density at radius 2 is 0.652 bits per heavy atom. The lowest BCUT2D eigenvalue weighted by molar-refractivity contribution is -0.386. The number of nitrogens with zero attached hydrogens (tertiary/aromatic N) is 3. The number of hydrogen-bond donors (Lipinski definition) is 0. The Labute approximate surface area is 422 Å². The van der Waals surface area contributed by atoms with Gasteiger partial charge in [-0.05, 0) is 52.7 Å². The Bertz CT molecular complexity index is 1530. The molecule has 0 radical (unpaired) electrons. The van der Waals surface area contributed by atoms with Gasteiger partial charge in [-0.25, -0.2) is 9.24 Å². The van der Waals surface area contributed by atoms with E-state index >= 15 is 4.57 Å². The zero-order valence-electron chi connectivity index (χ0n) is 45.0. The van der Waals surface area contributed by atoms with E-state index in [4.69, 9.17) is 9.05 Å². The third-order valence-corrected chi connectivity index (χ3v) is 16.5. The maximum absolute atomic E-state index is 15.8. The van der Waals surface area contributed by atoms with Crippen LogP contribution in [0.2, 0.25) is 0 Å². The monoisotopic (exact) mass is 984 g/mol. The van der Waals surface area contributed by atoms with E-state index in [1.54, 1.807) is 41.1 Å². The van der Waals surface area contributed by atoms with Crippen molar-refractivity contribution in [3.05, 3.63) is 79.9 Å². The molecule has 11 heteroatoms. The van der Waals surface area contributed by atoms with E-state index in [1.807, 2.05) is 27.7 Å². The van der Waals surface area contributed by atoms with Crippen LogP contribution in [0, 0.1) is 20.2 Å². The van der Waals surface area contributed by atoms with Crippen molar-refractivity contribution in [1.29, 1.82) is 0 Å². The smallest absolute Gasteiger partial charge is 0.288 e. The zero-order valence-corrected chi connectivity index (χ0v) is 45.9. The molecule has 0 amide bonds. The van der Waals surface area contributed by atoms with E-state index in [2.05, 4.69) is 13.8 Å².